The molecule has 20 heavy (non-hydrogen) atoms. The van der Waals surface area contributed by atoms with E-state index in [4.69, 9.17) is 10.00 Å². The van der Waals surface area contributed by atoms with Crippen molar-refractivity contribution in [3.05, 3.63) is 29.3 Å². The molecule has 1 aliphatic carbocycles. The smallest absolute Gasteiger partial charge is 0.127 e. The Morgan fingerprint density at radius 3 is 3.05 bits per heavy atom. The van der Waals surface area contributed by atoms with E-state index in [9.17, 15) is 0 Å². The zero-order valence-corrected chi connectivity index (χ0v) is 12.3. The van der Waals surface area contributed by atoms with Crippen LogP contribution in [0.2, 0.25) is 0 Å². The van der Waals surface area contributed by atoms with Gasteiger partial charge < -0.3 is 10.1 Å². The molecule has 0 bridgehead atoms. The minimum absolute atomic E-state index is 0.0962. The molecule has 1 fully saturated rings. The standard InChI is InChI=1S/C17H22N2O/c1-17(2)9-12-5-3-7-14(16(12)20-17)11-19-15-8-4-6-13(15)10-18/h3,5,7,13,15,19H,4,6,8-9,11H2,1-2H3. The molecular weight excluding hydrogens is 248 g/mol. The Morgan fingerprint density at radius 2 is 2.25 bits per heavy atom. The van der Waals surface area contributed by atoms with Crippen LogP contribution in [0.5, 0.6) is 5.75 Å². The van der Waals surface area contributed by atoms with Crippen molar-refractivity contribution >= 4 is 0 Å². The fourth-order valence-corrected chi connectivity index (χ4v) is 3.42. The van der Waals surface area contributed by atoms with Gasteiger partial charge in [0.2, 0.25) is 0 Å². The Bertz CT molecular complexity index is 544. The van der Waals surface area contributed by atoms with E-state index in [1.54, 1.807) is 0 Å². The largest absolute Gasteiger partial charge is 0.487 e. The number of rotatable bonds is 3. The summed E-state index contributed by atoms with van der Waals surface area (Å²) in [6.07, 6.45) is 4.27. The highest BCUT2D eigenvalue weighted by Gasteiger charge is 2.32. The maximum atomic E-state index is 9.14. The van der Waals surface area contributed by atoms with Crippen LogP contribution in [0.1, 0.15) is 44.2 Å². The van der Waals surface area contributed by atoms with Crippen molar-refractivity contribution in [3.63, 3.8) is 0 Å². The van der Waals surface area contributed by atoms with Gasteiger partial charge in [0.05, 0.1) is 12.0 Å². The summed E-state index contributed by atoms with van der Waals surface area (Å²) in [5, 5.41) is 12.7. The van der Waals surface area contributed by atoms with Gasteiger partial charge in [0.15, 0.2) is 0 Å². The highest BCUT2D eigenvalue weighted by Crippen LogP contribution is 2.37. The van der Waals surface area contributed by atoms with Gasteiger partial charge in [-0.15, -0.1) is 0 Å². The van der Waals surface area contributed by atoms with Gasteiger partial charge >= 0.3 is 0 Å². The van der Waals surface area contributed by atoms with E-state index < -0.39 is 0 Å². The maximum Gasteiger partial charge on any atom is 0.127 e. The number of benzene rings is 1. The van der Waals surface area contributed by atoms with Crippen LogP contribution in [0.25, 0.3) is 0 Å². The summed E-state index contributed by atoms with van der Waals surface area (Å²) in [5.41, 5.74) is 2.43. The van der Waals surface area contributed by atoms with Crippen LogP contribution in [-0.2, 0) is 13.0 Å². The second kappa shape index (κ2) is 5.10. The molecule has 1 aromatic carbocycles. The lowest BCUT2D eigenvalue weighted by Crippen LogP contribution is -2.31. The predicted molar refractivity (Wildman–Crippen MR) is 78.4 cm³/mol. The van der Waals surface area contributed by atoms with Crippen molar-refractivity contribution in [2.75, 3.05) is 0 Å². The monoisotopic (exact) mass is 270 g/mol. The van der Waals surface area contributed by atoms with E-state index in [0.29, 0.717) is 6.04 Å². The van der Waals surface area contributed by atoms with Crippen LogP contribution in [0, 0.1) is 17.2 Å². The minimum Gasteiger partial charge on any atom is -0.487 e. The van der Waals surface area contributed by atoms with Gasteiger partial charge in [-0.1, -0.05) is 24.6 Å². The van der Waals surface area contributed by atoms with Crippen LogP contribution < -0.4 is 10.1 Å². The third-order valence-corrected chi connectivity index (χ3v) is 4.41. The molecule has 3 nitrogen and oxygen atoms in total. The van der Waals surface area contributed by atoms with Crippen LogP contribution >= 0.6 is 0 Å². The molecule has 0 aromatic heterocycles. The number of fused-ring (bicyclic) bond motifs is 1. The number of hydrogen-bond donors (Lipinski definition) is 1. The molecular formula is C17H22N2O. The summed E-state index contributed by atoms with van der Waals surface area (Å²) in [4.78, 5) is 0. The van der Waals surface area contributed by atoms with Crippen molar-refractivity contribution in [2.45, 2.75) is 57.7 Å². The number of para-hydroxylation sites is 1. The zero-order chi connectivity index (χ0) is 14.2. The molecule has 0 saturated heterocycles. The number of nitriles is 1. The lowest BCUT2D eigenvalue weighted by Gasteiger charge is -2.20. The third-order valence-electron chi connectivity index (χ3n) is 4.41. The summed E-state index contributed by atoms with van der Waals surface area (Å²) in [6.45, 7) is 5.06. The van der Waals surface area contributed by atoms with E-state index in [2.05, 4.69) is 43.4 Å². The molecule has 1 saturated carbocycles. The Labute approximate surface area is 120 Å². The molecule has 0 spiro atoms. The predicted octanol–water partition coefficient (Wildman–Crippen LogP) is 3.18. The van der Waals surface area contributed by atoms with Gasteiger partial charge in [-0.2, -0.15) is 5.26 Å². The molecule has 1 heterocycles. The molecule has 106 valence electrons. The molecule has 2 atom stereocenters. The molecule has 2 unspecified atom stereocenters. The van der Waals surface area contributed by atoms with Gasteiger partial charge in [-0.05, 0) is 32.3 Å². The first-order chi connectivity index (χ1) is 9.59. The maximum absolute atomic E-state index is 9.14. The van der Waals surface area contributed by atoms with Crippen LogP contribution in [-0.4, -0.2) is 11.6 Å². The van der Waals surface area contributed by atoms with Crippen molar-refractivity contribution < 1.29 is 4.74 Å². The second-order valence-corrected chi connectivity index (χ2v) is 6.60. The molecule has 2 aliphatic rings. The number of nitrogens with one attached hydrogen (secondary N) is 1. The van der Waals surface area contributed by atoms with Gasteiger partial charge in [-0.3, -0.25) is 0 Å². The normalized spacial score (nSPS) is 26.9. The Kier molecular flexibility index (Phi) is 3.43. The average molecular weight is 270 g/mol. The lowest BCUT2D eigenvalue weighted by molar-refractivity contribution is 0.137. The Hall–Kier alpha value is -1.53. The van der Waals surface area contributed by atoms with Crippen molar-refractivity contribution in [1.82, 2.24) is 5.32 Å². The van der Waals surface area contributed by atoms with Gasteiger partial charge in [0, 0.05) is 24.6 Å². The summed E-state index contributed by atoms with van der Waals surface area (Å²) >= 11 is 0. The Morgan fingerprint density at radius 1 is 1.40 bits per heavy atom. The van der Waals surface area contributed by atoms with E-state index in [1.165, 1.54) is 11.1 Å². The van der Waals surface area contributed by atoms with Crippen LogP contribution in [0.15, 0.2) is 18.2 Å². The molecule has 1 aliphatic heterocycles. The quantitative estimate of drug-likeness (QED) is 0.917. The first-order valence-corrected chi connectivity index (χ1v) is 7.52. The molecule has 0 amide bonds. The highest BCUT2D eigenvalue weighted by molar-refractivity contribution is 5.45. The SMILES string of the molecule is CC1(C)Cc2cccc(CNC3CCCC3C#N)c2O1. The van der Waals surface area contributed by atoms with Crippen LogP contribution in [0.3, 0.4) is 0 Å². The first-order valence-electron chi connectivity index (χ1n) is 7.52. The lowest BCUT2D eigenvalue weighted by atomic mass is 10.00. The van der Waals surface area contributed by atoms with E-state index in [-0.39, 0.29) is 11.5 Å². The van der Waals surface area contributed by atoms with Gasteiger partial charge in [0.1, 0.15) is 11.4 Å². The highest BCUT2D eigenvalue weighted by atomic mass is 16.5. The molecule has 1 N–H and O–H groups in total. The number of nitrogens with zero attached hydrogens (tertiary/aromatic N) is 1. The van der Waals surface area contributed by atoms with E-state index >= 15 is 0 Å². The van der Waals surface area contributed by atoms with Crippen molar-refractivity contribution in [2.24, 2.45) is 5.92 Å². The topological polar surface area (TPSA) is 45.0 Å². The molecule has 1 aromatic rings. The summed E-state index contributed by atoms with van der Waals surface area (Å²) < 4.78 is 6.09. The minimum atomic E-state index is -0.0962. The summed E-state index contributed by atoms with van der Waals surface area (Å²) in [6, 6.07) is 9.15. The van der Waals surface area contributed by atoms with Gasteiger partial charge in [-0.25, -0.2) is 0 Å². The fourth-order valence-electron chi connectivity index (χ4n) is 3.42. The average Bonchev–Trinajstić information content (AvgIpc) is 2.97. The van der Waals surface area contributed by atoms with Crippen LogP contribution in [0.4, 0.5) is 0 Å². The first kappa shape index (κ1) is 13.5. The zero-order valence-electron chi connectivity index (χ0n) is 12.3. The van der Waals surface area contributed by atoms with Crippen molar-refractivity contribution in [3.8, 4) is 11.8 Å². The van der Waals surface area contributed by atoms with Crippen molar-refractivity contribution in [1.29, 1.82) is 5.26 Å². The number of hydrogen-bond acceptors (Lipinski definition) is 3. The summed E-state index contributed by atoms with van der Waals surface area (Å²) in [5.74, 6) is 1.22. The molecule has 0 radical (unpaired) electrons. The molecule has 3 heteroatoms. The third kappa shape index (κ3) is 2.53. The fraction of sp³-hybridized carbons (Fsp3) is 0.588. The Balaban J connectivity index is 1.71. The summed E-state index contributed by atoms with van der Waals surface area (Å²) in [7, 11) is 0. The van der Waals surface area contributed by atoms with E-state index in [1.807, 2.05) is 0 Å². The molecule has 3 rings (SSSR count). The van der Waals surface area contributed by atoms with E-state index in [0.717, 1.165) is 38.0 Å². The van der Waals surface area contributed by atoms with Gasteiger partial charge in [0.25, 0.3) is 0 Å². The second-order valence-electron chi connectivity index (χ2n) is 6.60. The number of ether oxygens (including phenoxy) is 1.